The van der Waals surface area contributed by atoms with Crippen LogP contribution < -0.4 is 5.32 Å². The Balaban J connectivity index is 1.77. The number of benzene rings is 1. The van der Waals surface area contributed by atoms with E-state index >= 15 is 0 Å². The predicted octanol–water partition coefficient (Wildman–Crippen LogP) is 4.09. The van der Waals surface area contributed by atoms with E-state index < -0.39 is 29.2 Å². The molecule has 0 radical (unpaired) electrons. The highest BCUT2D eigenvalue weighted by molar-refractivity contribution is 9.10. The number of alkyl halides is 3. The zero-order valence-corrected chi connectivity index (χ0v) is 14.7. The van der Waals surface area contributed by atoms with Gasteiger partial charge in [-0.3, -0.25) is 19.6 Å². The predicted molar refractivity (Wildman–Crippen MR) is 88.6 cm³/mol. The third-order valence-corrected chi connectivity index (χ3v) is 4.60. The van der Waals surface area contributed by atoms with E-state index in [2.05, 4.69) is 26.3 Å². The van der Waals surface area contributed by atoms with Gasteiger partial charge in [0.1, 0.15) is 6.54 Å². The van der Waals surface area contributed by atoms with E-state index in [9.17, 15) is 28.1 Å². The van der Waals surface area contributed by atoms with Crippen LogP contribution in [0.25, 0.3) is 0 Å². The van der Waals surface area contributed by atoms with Crippen molar-refractivity contribution in [1.82, 2.24) is 9.78 Å². The number of halogens is 4. The van der Waals surface area contributed by atoms with Crippen LogP contribution in [-0.4, -0.2) is 20.6 Å². The Morgan fingerprint density at radius 3 is 2.46 bits per heavy atom. The molecular weight excluding hydrogens is 421 g/mol. The van der Waals surface area contributed by atoms with Crippen LogP contribution >= 0.6 is 15.9 Å². The summed E-state index contributed by atoms with van der Waals surface area (Å²) in [6.45, 7) is -0.391. The summed E-state index contributed by atoms with van der Waals surface area (Å²) in [6.07, 6.45) is -3.14. The van der Waals surface area contributed by atoms with Gasteiger partial charge in [-0.05, 0) is 40.9 Å². The first kappa shape index (κ1) is 18.4. The van der Waals surface area contributed by atoms with Gasteiger partial charge in [0.05, 0.1) is 15.1 Å². The molecule has 0 atom stereocenters. The number of nitrogens with one attached hydrogen (secondary N) is 1. The van der Waals surface area contributed by atoms with Crippen LogP contribution in [0.1, 0.15) is 30.1 Å². The number of carbonyl (C=O) groups excluding carboxylic acids is 1. The maximum Gasteiger partial charge on any atom is 0.436 e. The average Bonchev–Trinajstić information content (AvgIpc) is 3.31. The second-order valence-corrected chi connectivity index (χ2v) is 6.62. The summed E-state index contributed by atoms with van der Waals surface area (Å²) >= 11 is 2.96. The molecule has 1 aliphatic carbocycles. The Morgan fingerprint density at radius 1 is 1.35 bits per heavy atom. The van der Waals surface area contributed by atoms with E-state index in [0.717, 1.165) is 17.5 Å². The molecule has 1 heterocycles. The Bertz CT molecular complexity index is 860. The van der Waals surface area contributed by atoms with Crippen molar-refractivity contribution in [2.45, 2.75) is 31.5 Å². The first-order valence-electron chi connectivity index (χ1n) is 7.54. The number of nitro benzene ring substituents is 1. The quantitative estimate of drug-likeness (QED) is 0.568. The maximum absolute atomic E-state index is 13.1. The van der Waals surface area contributed by atoms with Crippen molar-refractivity contribution < 1.29 is 22.9 Å². The molecule has 0 bridgehead atoms. The monoisotopic (exact) mass is 432 g/mol. The van der Waals surface area contributed by atoms with Gasteiger partial charge < -0.3 is 5.32 Å². The molecule has 1 amide bonds. The molecule has 0 unspecified atom stereocenters. The molecule has 1 aliphatic rings. The number of carbonyl (C=O) groups is 1. The average molecular weight is 433 g/mol. The smallest absolute Gasteiger partial charge is 0.324 e. The molecule has 7 nitrogen and oxygen atoms in total. The summed E-state index contributed by atoms with van der Waals surface area (Å²) in [5, 5.41) is 16.7. The number of nitrogens with zero attached hydrogens (tertiary/aromatic N) is 3. The minimum absolute atomic E-state index is 0.0554. The fourth-order valence-corrected chi connectivity index (χ4v) is 3.34. The third-order valence-electron chi connectivity index (χ3n) is 3.82. The summed E-state index contributed by atoms with van der Waals surface area (Å²) in [5.74, 6) is -0.635. The van der Waals surface area contributed by atoms with Gasteiger partial charge >= 0.3 is 6.18 Å². The van der Waals surface area contributed by atoms with Crippen LogP contribution in [0.2, 0.25) is 0 Å². The van der Waals surface area contributed by atoms with Crippen LogP contribution in [0.15, 0.2) is 28.7 Å². The van der Waals surface area contributed by atoms with E-state index in [-0.39, 0.29) is 16.1 Å². The van der Waals surface area contributed by atoms with Crippen molar-refractivity contribution in [1.29, 1.82) is 0 Å². The molecule has 2 aromatic rings. The van der Waals surface area contributed by atoms with Crippen LogP contribution in [0.4, 0.5) is 24.5 Å². The largest absolute Gasteiger partial charge is 0.436 e. The van der Waals surface area contributed by atoms with E-state index in [0.29, 0.717) is 11.4 Å². The molecule has 26 heavy (non-hydrogen) atoms. The molecule has 0 spiro atoms. The molecule has 1 saturated carbocycles. The van der Waals surface area contributed by atoms with Crippen molar-refractivity contribution in [3.8, 4) is 0 Å². The zero-order chi connectivity index (χ0) is 19.1. The van der Waals surface area contributed by atoms with Gasteiger partial charge in [0.2, 0.25) is 5.91 Å². The highest BCUT2D eigenvalue weighted by atomic mass is 79.9. The fraction of sp³-hybridized carbons (Fsp3) is 0.333. The molecule has 1 aromatic heterocycles. The van der Waals surface area contributed by atoms with Gasteiger partial charge in [-0.25, -0.2) is 0 Å². The molecule has 138 valence electrons. The minimum atomic E-state index is -4.62. The van der Waals surface area contributed by atoms with E-state index in [1.54, 1.807) is 0 Å². The summed E-state index contributed by atoms with van der Waals surface area (Å²) in [7, 11) is 0. The van der Waals surface area contributed by atoms with Gasteiger partial charge in [-0.1, -0.05) is 0 Å². The van der Waals surface area contributed by atoms with Gasteiger partial charge in [-0.2, -0.15) is 18.3 Å². The summed E-state index contributed by atoms with van der Waals surface area (Å²) < 4.78 is 40.1. The van der Waals surface area contributed by atoms with Gasteiger partial charge in [0, 0.05) is 23.7 Å². The van der Waals surface area contributed by atoms with Crippen LogP contribution in [-0.2, 0) is 17.5 Å². The molecule has 1 fully saturated rings. The molecule has 0 saturated heterocycles. The second-order valence-electron chi connectivity index (χ2n) is 5.83. The van der Waals surface area contributed by atoms with Gasteiger partial charge in [0.15, 0.2) is 5.69 Å². The lowest BCUT2D eigenvalue weighted by atomic mass is 10.2. The van der Waals surface area contributed by atoms with Crippen LogP contribution in [0.5, 0.6) is 0 Å². The molecule has 1 aromatic carbocycles. The van der Waals surface area contributed by atoms with Crippen LogP contribution in [0, 0.1) is 10.1 Å². The summed E-state index contributed by atoms with van der Waals surface area (Å²) in [6, 6.07) is 5.13. The number of hydrogen-bond acceptors (Lipinski definition) is 4. The van der Waals surface area contributed by atoms with Gasteiger partial charge in [0.25, 0.3) is 5.69 Å². The number of hydrogen-bond donors (Lipinski definition) is 1. The Kier molecular flexibility index (Phi) is 4.74. The lowest BCUT2D eigenvalue weighted by Gasteiger charge is -2.08. The highest BCUT2D eigenvalue weighted by Gasteiger charge is 2.41. The number of rotatable bonds is 5. The molecule has 3 rings (SSSR count). The number of aromatic nitrogens is 2. The lowest BCUT2D eigenvalue weighted by Crippen LogP contribution is -2.21. The topological polar surface area (TPSA) is 90.1 Å². The van der Waals surface area contributed by atoms with E-state index in [1.807, 2.05) is 0 Å². The van der Waals surface area contributed by atoms with Crippen LogP contribution in [0.3, 0.4) is 0 Å². The standard InChI is InChI=1S/C15H12BrF3N4O3/c16-12-13(8-1-2-8)22(21-14(12)15(17,18)19)7-11(24)20-9-3-5-10(6-4-9)23(25)26/h3-6,8H,1-2,7H2,(H,20,24). The lowest BCUT2D eigenvalue weighted by molar-refractivity contribution is -0.384. The molecule has 11 heteroatoms. The maximum atomic E-state index is 13.1. The first-order chi connectivity index (χ1) is 12.2. The zero-order valence-electron chi connectivity index (χ0n) is 13.1. The van der Waals surface area contributed by atoms with Crippen molar-refractivity contribution in [2.75, 3.05) is 5.32 Å². The minimum Gasteiger partial charge on any atom is -0.324 e. The Labute approximate surface area is 153 Å². The SMILES string of the molecule is O=C(Cn1nc(C(F)(F)F)c(Br)c1C1CC1)Nc1ccc([N+](=O)[O-])cc1. The summed E-state index contributed by atoms with van der Waals surface area (Å²) in [5.41, 5.74) is -0.528. The molecule has 0 aliphatic heterocycles. The first-order valence-corrected chi connectivity index (χ1v) is 8.34. The third kappa shape index (κ3) is 3.87. The number of amides is 1. The summed E-state index contributed by atoms with van der Waals surface area (Å²) in [4.78, 5) is 22.2. The Morgan fingerprint density at radius 2 is 1.96 bits per heavy atom. The number of anilines is 1. The molecular formula is C15H12BrF3N4O3. The molecule has 1 N–H and O–H groups in total. The second kappa shape index (κ2) is 6.71. The van der Waals surface area contributed by atoms with Crippen molar-refractivity contribution in [3.05, 3.63) is 50.2 Å². The van der Waals surface area contributed by atoms with E-state index in [4.69, 9.17) is 0 Å². The highest BCUT2D eigenvalue weighted by Crippen LogP contribution is 2.46. The van der Waals surface area contributed by atoms with E-state index in [1.165, 1.54) is 24.3 Å². The normalized spacial score (nSPS) is 14.3. The number of non-ortho nitro benzene ring substituents is 1. The van der Waals surface area contributed by atoms with Crippen molar-refractivity contribution >= 4 is 33.2 Å². The number of nitro groups is 1. The fourth-order valence-electron chi connectivity index (χ4n) is 2.50. The Hall–Kier alpha value is -2.43. The van der Waals surface area contributed by atoms with Gasteiger partial charge in [-0.15, -0.1) is 0 Å². The van der Waals surface area contributed by atoms with Crippen molar-refractivity contribution in [2.24, 2.45) is 0 Å². The van der Waals surface area contributed by atoms with Crippen molar-refractivity contribution in [3.63, 3.8) is 0 Å².